The standard InChI is InChI=1S/C15H23N/c1-15(2,3)14(16)13-10-5-4-9-12(13)11-7-6-8-11/h4-5,9-11,14H,6-8,16H2,1-3H3. The van der Waals surface area contributed by atoms with Gasteiger partial charge in [0.15, 0.2) is 0 Å². The van der Waals surface area contributed by atoms with Gasteiger partial charge in [-0.15, -0.1) is 0 Å². The summed E-state index contributed by atoms with van der Waals surface area (Å²) < 4.78 is 0. The minimum atomic E-state index is 0.139. The fourth-order valence-electron chi connectivity index (χ4n) is 2.35. The Morgan fingerprint density at radius 1 is 1.19 bits per heavy atom. The second kappa shape index (κ2) is 4.21. The lowest BCUT2D eigenvalue weighted by Crippen LogP contribution is -2.28. The van der Waals surface area contributed by atoms with Crippen molar-refractivity contribution in [2.45, 2.75) is 52.0 Å². The van der Waals surface area contributed by atoms with Crippen LogP contribution in [0.25, 0.3) is 0 Å². The van der Waals surface area contributed by atoms with E-state index >= 15 is 0 Å². The van der Waals surface area contributed by atoms with E-state index in [0.29, 0.717) is 0 Å². The third-order valence-corrected chi connectivity index (χ3v) is 3.81. The molecule has 0 aliphatic heterocycles. The maximum absolute atomic E-state index is 6.39. The largest absolute Gasteiger partial charge is 0.324 e. The average molecular weight is 217 g/mol. The molecule has 1 saturated carbocycles. The maximum atomic E-state index is 6.39. The van der Waals surface area contributed by atoms with Crippen LogP contribution >= 0.6 is 0 Å². The van der Waals surface area contributed by atoms with E-state index in [9.17, 15) is 0 Å². The maximum Gasteiger partial charge on any atom is 0.0346 e. The normalized spacial score (nSPS) is 19.2. The lowest BCUT2D eigenvalue weighted by molar-refractivity contribution is 0.320. The van der Waals surface area contributed by atoms with Crippen LogP contribution in [0, 0.1) is 5.41 Å². The van der Waals surface area contributed by atoms with Crippen molar-refractivity contribution in [1.29, 1.82) is 0 Å². The Bertz CT molecular complexity index is 358. The number of nitrogens with two attached hydrogens (primary N) is 1. The summed E-state index contributed by atoms with van der Waals surface area (Å²) in [5.41, 5.74) is 9.39. The molecule has 1 aromatic rings. The van der Waals surface area contributed by atoms with Gasteiger partial charge in [-0.2, -0.15) is 0 Å². The minimum absolute atomic E-state index is 0.139. The molecular formula is C15H23N. The number of hydrogen-bond acceptors (Lipinski definition) is 1. The molecule has 2 N–H and O–H groups in total. The van der Waals surface area contributed by atoms with Crippen LogP contribution in [0.3, 0.4) is 0 Å². The minimum Gasteiger partial charge on any atom is -0.324 e. The Hall–Kier alpha value is -0.820. The fraction of sp³-hybridized carbons (Fsp3) is 0.600. The molecule has 0 aromatic heterocycles. The SMILES string of the molecule is CC(C)(C)C(N)c1ccccc1C1CCC1. The van der Waals surface area contributed by atoms with Crippen LogP contribution in [0.1, 0.15) is 63.1 Å². The summed E-state index contributed by atoms with van der Waals surface area (Å²) >= 11 is 0. The topological polar surface area (TPSA) is 26.0 Å². The Kier molecular flexibility index (Phi) is 3.07. The molecule has 0 bridgehead atoms. The molecular weight excluding hydrogens is 194 g/mol. The van der Waals surface area contributed by atoms with Gasteiger partial charge in [0.25, 0.3) is 0 Å². The van der Waals surface area contributed by atoms with E-state index in [2.05, 4.69) is 45.0 Å². The third kappa shape index (κ3) is 2.15. The van der Waals surface area contributed by atoms with Gasteiger partial charge in [-0.1, -0.05) is 51.5 Å². The van der Waals surface area contributed by atoms with E-state index in [0.717, 1.165) is 5.92 Å². The second-order valence-electron chi connectivity index (χ2n) is 6.10. The number of benzene rings is 1. The first-order chi connectivity index (χ1) is 7.50. The molecule has 0 spiro atoms. The van der Waals surface area contributed by atoms with Crippen LogP contribution in [-0.4, -0.2) is 0 Å². The zero-order chi connectivity index (χ0) is 11.8. The predicted molar refractivity (Wildman–Crippen MR) is 69.4 cm³/mol. The summed E-state index contributed by atoms with van der Waals surface area (Å²) in [5, 5.41) is 0. The van der Waals surface area contributed by atoms with Crippen LogP contribution < -0.4 is 5.73 Å². The highest BCUT2D eigenvalue weighted by molar-refractivity contribution is 5.34. The zero-order valence-corrected chi connectivity index (χ0v) is 10.7. The van der Waals surface area contributed by atoms with Gasteiger partial charge >= 0.3 is 0 Å². The van der Waals surface area contributed by atoms with E-state index in [1.54, 1.807) is 0 Å². The molecule has 1 atom stereocenters. The van der Waals surface area contributed by atoms with Crippen LogP contribution in [0.4, 0.5) is 0 Å². The van der Waals surface area contributed by atoms with Crippen LogP contribution in [0.2, 0.25) is 0 Å². The molecule has 1 heteroatoms. The van der Waals surface area contributed by atoms with Crippen molar-refractivity contribution in [3.8, 4) is 0 Å². The van der Waals surface area contributed by atoms with Crippen molar-refractivity contribution >= 4 is 0 Å². The molecule has 1 nitrogen and oxygen atoms in total. The monoisotopic (exact) mass is 217 g/mol. The summed E-state index contributed by atoms with van der Waals surface area (Å²) in [6, 6.07) is 8.88. The molecule has 1 fully saturated rings. The van der Waals surface area contributed by atoms with Gasteiger partial charge in [-0.05, 0) is 35.3 Å². The lowest BCUT2D eigenvalue weighted by atomic mass is 9.74. The fourth-order valence-corrected chi connectivity index (χ4v) is 2.35. The Balaban J connectivity index is 2.32. The number of rotatable bonds is 2. The molecule has 88 valence electrons. The highest BCUT2D eigenvalue weighted by atomic mass is 14.7. The van der Waals surface area contributed by atoms with Crippen LogP contribution in [-0.2, 0) is 0 Å². The predicted octanol–water partition coefficient (Wildman–Crippen LogP) is 4.00. The average Bonchev–Trinajstić information content (AvgIpc) is 2.13. The van der Waals surface area contributed by atoms with E-state index in [-0.39, 0.29) is 11.5 Å². The smallest absolute Gasteiger partial charge is 0.0346 e. The Morgan fingerprint density at radius 3 is 2.31 bits per heavy atom. The van der Waals surface area contributed by atoms with Crippen molar-refractivity contribution < 1.29 is 0 Å². The summed E-state index contributed by atoms with van der Waals surface area (Å²) in [6.07, 6.45) is 4.06. The van der Waals surface area contributed by atoms with Gasteiger partial charge in [0.1, 0.15) is 0 Å². The Morgan fingerprint density at radius 2 is 1.81 bits per heavy atom. The highest BCUT2D eigenvalue weighted by Gasteiger charge is 2.28. The van der Waals surface area contributed by atoms with Gasteiger partial charge in [-0.3, -0.25) is 0 Å². The molecule has 0 radical (unpaired) electrons. The lowest BCUT2D eigenvalue weighted by Gasteiger charge is -2.34. The Labute approximate surface area is 99.0 Å². The summed E-state index contributed by atoms with van der Waals surface area (Å²) in [6.45, 7) is 6.65. The third-order valence-electron chi connectivity index (χ3n) is 3.81. The molecule has 1 aliphatic rings. The molecule has 2 rings (SSSR count). The van der Waals surface area contributed by atoms with Crippen molar-refractivity contribution in [3.63, 3.8) is 0 Å². The number of hydrogen-bond donors (Lipinski definition) is 1. The van der Waals surface area contributed by atoms with Gasteiger partial charge in [-0.25, -0.2) is 0 Å². The van der Waals surface area contributed by atoms with E-state index in [4.69, 9.17) is 5.73 Å². The molecule has 1 aromatic carbocycles. The summed E-state index contributed by atoms with van der Waals surface area (Å²) in [7, 11) is 0. The van der Waals surface area contributed by atoms with E-state index in [1.165, 1.54) is 30.4 Å². The summed E-state index contributed by atoms with van der Waals surface area (Å²) in [5.74, 6) is 0.768. The second-order valence-corrected chi connectivity index (χ2v) is 6.10. The van der Waals surface area contributed by atoms with E-state index in [1.807, 2.05) is 0 Å². The molecule has 1 unspecified atom stereocenters. The molecule has 1 aliphatic carbocycles. The van der Waals surface area contributed by atoms with Crippen molar-refractivity contribution in [3.05, 3.63) is 35.4 Å². The van der Waals surface area contributed by atoms with Crippen molar-refractivity contribution in [2.24, 2.45) is 11.1 Å². The van der Waals surface area contributed by atoms with Crippen molar-refractivity contribution in [1.82, 2.24) is 0 Å². The highest BCUT2D eigenvalue weighted by Crippen LogP contribution is 2.41. The van der Waals surface area contributed by atoms with Crippen molar-refractivity contribution in [2.75, 3.05) is 0 Å². The first-order valence-corrected chi connectivity index (χ1v) is 6.34. The van der Waals surface area contributed by atoms with Gasteiger partial charge in [0.05, 0.1) is 0 Å². The molecule has 0 heterocycles. The van der Waals surface area contributed by atoms with E-state index < -0.39 is 0 Å². The molecule has 0 amide bonds. The van der Waals surface area contributed by atoms with Gasteiger partial charge in [0.2, 0.25) is 0 Å². The van der Waals surface area contributed by atoms with Crippen LogP contribution in [0.15, 0.2) is 24.3 Å². The van der Waals surface area contributed by atoms with Crippen LogP contribution in [0.5, 0.6) is 0 Å². The first kappa shape index (κ1) is 11.7. The van der Waals surface area contributed by atoms with Gasteiger partial charge in [0, 0.05) is 6.04 Å². The quantitative estimate of drug-likeness (QED) is 0.796. The van der Waals surface area contributed by atoms with Gasteiger partial charge < -0.3 is 5.73 Å². The summed E-state index contributed by atoms with van der Waals surface area (Å²) in [4.78, 5) is 0. The molecule has 0 saturated heterocycles. The zero-order valence-electron chi connectivity index (χ0n) is 10.7. The first-order valence-electron chi connectivity index (χ1n) is 6.34. The molecule has 16 heavy (non-hydrogen) atoms.